The van der Waals surface area contributed by atoms with Gasteiger partial charge in [0.05, 0.1) is 12.7 Å². The Morgan fingerprint density at radius 2 is 1.98 bits per heavy atom. The molecule has 0 radical (unpaired) electrons. The van der Waals surface area contributed by atoms with Crippen molar-refractivity contribution in [2.75, 3.05) is 6.61 Å². The molecule has 0 fully saturated rings. The van der Waals surface area contributed by atoms with E-state index < -0.39 is 47.4 Å². The molecule has 0 aliphatic heterocycles. The van der Waals surface area contributed by atoms with E-state index in [0.717, 1.165) is 30.8 Å². The summed E-state index contributed by atoms with van der Waals surface area (Å²) >= 11 is 0. The monoisotopic (exact) mass is 590 g/mol. The van der Waals surface area contributed by atoms with Gasteiger partial charge in [-0.1, -0.05) is 30.1 Å². The van der Waals surface area contributed by atoms with Crippen LogP contribution in [0.5, 0.6) is 0 Å². The zero-order valence-corrected chi connectivity index (χ0v) is 22.8. The first-order valence-corrected chi connectivity index (χ1v) is 13.5. The minimum absolute atomic E-state index is 0.126. The van der Waals surface area contributed by atoms with Gasteiger partial charge in [-0.05, 0) is 54.8 Å². The molecule has 12 heteroatoms. The van der Waals surface area contributed by atoms with E-state index in [9.17, 15) is 13.9 Å². The van der Waals surface area contributed by atoms with Crippen molar-refractivity contribution in [1.29, 1.82) is 5.26 Å². The number of hydrogen-bond donors (Lipinski definition) is 1. The molecule has 0 amide bonds. The Morgan fingerprint density at radius 3 is 2.60 bits per heavy atom. The van der Waals surface area contributed by atoms with E-state index in [4.69, 9.17) is 10.00 Å². The lowest BCUT2D eigenvalue weighted by atomic mass is 9.80. The summed E-state index contributed by atoms with van der Waals surface area (Å²) in [5.41, 5.74) is -3.65. The molecule has 0 saturated carbocycles. The Labute approximate surface area is 245 Å². The number of rotatable bonds is 8. The van der Waals surface area contributed by atoms with E-state index in [2.05, 4.69) is 38.3 Å². The summed E-state index contributed by atoms with van der Waals surface area (Å²) in [6, 6.07) is 4.46. The Balaban J connectivity index is 1.25. The maximum atomic E-state index is 15.9. The van der Waals surface area contributed by atoms with Gasteiger partial charge in [-0.25, -0.2) is 8.78 Å². The molecule has 2 aromatic heterocycles. The predicted molar refractivity (Wildman–Crippen MR) is 147 cm³/mol. The third kappa shape index (κ3) is 6.65. The zero-order chi connectivity index (χ0) is 30.5. The van der Waals surface area contributed by atoms with E-state index in [1.807, 2.05) is 30.4 Å². The van der Waals surface area contributed by atoms with Gasteiger partial charge in [-0.3, -0.25) is 4.98 Å². The molecule has 5 rings (SSSR count). The molecule has 0 saturated heterocycles. The van der Waals surface area contributed by atoms with Crippen molar-refractivity contribution in [2.24, 2.45) is 11.8 Å². The summed E-state index contributed by atoms with van der Waals surface area (Å²) in [5, 5.41) is 30.9. The third-order valence-electron chi connectivity index (χ3n) is 7.30. The molecule has 0 bridgehead atoms. The standard InChI is InChI=1S/C31H26F4N6O2/c32-25-10-13-27(28(33)15-25)30(42,19-41-39-20-38-40-41)31(34,35)29-14-9-23(17-37-29)4-1-21-7-11-26(12-8-21)43-18-24-5-2-22(16-36)3-6-24/h2-3,5,7,9,11-12,14-15,17,20-21,24,42H,6,8,10,13,18-19H2. The van der Waals surface area contributed by atoms with Crippen molar-refractivity contribution in [3.63, 3.8) is 0 Å². The van der Waals surface area contributed by atoms with E-state index in [1.54, 1.807) is 6.08 Å². The second-order valence-electron chi connectivity index (χ2n) is 10.3. The molecule has 2 heterocycles. The molecule has 3 aliphatic rings. The van der Waals surface area contributed by atoms with Crippen LogP contribution in [-0.4, -0.2) is 42.5 Å². The normalized spacial score (nSPS) is 21.5. The van der Waals surface area contributed by atoms with Crippen LogP contribution >= 0.6 is 0 Å². The number of tetrazole rings is 1. The number of hydrogen-bond acceptors (Lipinski definition) is 7. The van der Waals surface area contributed by atoms with Gasteiger partial charge in [0.1, 0.15) is 29.7 Å². The first-order valence-electron chi connectivity index (χ1n) is 13.5. The number of halogens is 4. The van der Waals surface area contributed by atoms with Crippen LogP contribution in [0.3, 0.4) is 0 Å². The average molecular weight is 591 g/mol. The van der Waals surface area contributed by atoms with Gasteiger partial charge in [0, 0.05) is 47.2 Å². The molecule has 2 aromatic rings. The number of allylic oxidation sites excluding steroid dienone is 9. The Bertz CT molecular complexity index is 1640. The van der Waals surface area contributed by atoms with Crippen LogP contribution in [0.25, 0.3) is 0 Å². The van der Waals surface area contributed by atoms with Crippen LogP contribution in [0, 0.1) is 35.0 Å². The lowest BCUT2D eigenvalue weighted by Crippen LogP contribution is -2.52. The Morgan fingerprint density at radius 1 is 1.12 bits per heavy atom. The zero-order valence-electron chi connectivity index (χ0n) is 22.8. The maximum Gasteiger partial charge on any atom is 0.323 e. The number of alkyl halides is 2. The van der Waals surface area contributed by atoms with Crippen LogP contribution < -0.4 is 0 Å². The lowest BCUT2D eigenvalue weighted by Gasteiger charge is -2.37. The highest BCUT2D eigenvalue weighted by atomic mass is 19.3. The van der Waals surface area contributed by atoms with Gasteiger partial charge in [0.2, 0.25) is 0 Å². The van der Waals surface area contributed by atoms with Crippen LogP contribution in [0.4, 0.5) is 17.6 Å². The smallest absolute Gasteiger partial charge is 0.323 e. The van der Waals surface area contributed by atoms with Crippen LogP contribution in [0.2, 0.25) is 0 Å². The SMILES string of the molecule is N#CC1=CCC(COC2=CCC(C#Cc3ccc(C(F)(F)C(O)(Cn4ncnn4)C4=C(F)C=C(F)CC4)nc3)C=C2)C=C1. The van der Waals surface area contributed by atoms with Crippen LogP contribution in [0.15, 0.2) is 95.7 Å². The molecule has 0 spiro atoms. The number of aromatic nitrogens is 5. The van der Waals surface area contributed by atoms with Gasteiger partial charge in [0.15, 0.2) is 11.9 Å². The number of nitrogens with zero attached hydrogens (tertiary/aromatic N) is 6. The second-order valence-corrected chi connectivity index (χ2v) is 10.3. The predicted octanol–water partition coefficient (Wildman–Crippen LogP) is 5.32. The molecule has 8 nitrogen and oxygen atoms in total. The Kier molecular flexibility index (Phi) is 8.69. The van der Waals surface area contributed by atoms with Crippen molar-refractivity contribution in [2.45, 2.75) is 43.8 Å². The number of nitriles is 1. The van der Waals surface area contributed by atoms with Crippen molar-refractivity contribution < 1.29 is 27.4 Å². The van der Waals surface area contributed by atoms with Gasteiger partial charge < -0.3 is 9.84 Å². The van der Waals surface area contributed by atoms with Crippen LogP contribution in [-0.2, 0) is 17.2 Å². The van der Waals surface area contributed by atoms with E-state index in [-0.39, 0.29) is 18.3 Å². The molecule has 3 aliphatic carbocycles. The summed E-state index contributed by atoms with van der Waals surface area (Å²) in [7, 11) is 0. The van der Waals surface area contributed by atoms with Crippen LogP contribution in [0.1, 0.15) is 36.9 Å². The highest BCUT2D eigenvalue weighted by molar-refractivity contribution is 5.40. The largest absolute Gasteiger partial charge is 0.493 e. The van der Waals surface area contributed by atoms with Gasteiger partial charge in [-0.15, -0.1) is 10.2 Å². The summed E-state index contributed by atoms with van der Waals surface area (Å²) in [6.07, 6.45) is 14.5. The first kappa shape index (κ1) is 29.7. The summed E-state index contributed by atoms with van der Waals surface area (Å²) in [5.74, 6) is 0.566. The van der Waals surface area contributed by atoms with Gasteiger partial charge >= 0.3 is 5.92 Å². The molecule has 1 N–H and O–H groups in total. The fourth-order valence-electron chi connectivity index (χ4n) is 4.85. The summed E-state index contributed by atoms with van der Waals surface area (Å²) < 4.78 is 66.0. The topological polar surface area (TPSA) is 110 Å². The van der Waals surface area contributed by atoms with Crippen molar-refractivity contribution in [1.82, 2.24) is 25.2 Å². The number of pyridine rings is 1. The molecular formula is C31H26F4N6O2. The maximum absolute atomic E-state index is 15.9. The molecule has 3 atom stereocenters. The summed E-state index contributed by atoms with van der Waals surface area (Å²) in [6.45, 7) is -0.450. The molecule has 220 valence electrons. The van der Waals surface area contributed by atoms with E-state index in [1.165, 1.54) is 6.07 Å². The van der Waals surface area contributed by atoms with Crippen molar-refractivity contribution in [3.8, 4) is 17.9 Å². The lowest BCUT2D eigenvalue weighted by molar-refractivity contribution is -0.181. The molecule has 43 heavy (non-hydrogen) atoms. The van der Waals surface area contributed by atoms with Gasteiger partial charge in [0.25, 0.3) is 0 Å². The fourth-order valence-corrected chi connectivity index (χ4v) is 4.85. The van der Waals surface area contributed by atoms with E-state index >= 15 is 8.78 Å². The Hall–Kier alpha value is -4.81. The third-order valence-corrected chi connectivity index (χ3v) is 7.30. The quantitative estimate of drug-likeness (QED) is 0.328. The highest BCUT2D eigenvalue weighted by Gasteiger charge is 2.59. The number of aliphatic hydroxyl groups is 1. The molecular weight excluding hydrogens is 564 g/mol. The van der Waals surface area contributed by atoms with Crippen molar-refractivity contribution in [3.05, 3.63) is 107 Å². The molecule has 0 aromatic carbocycles. The summed E-state index contributed by atoms with van der Waals surface area (Å²) in [4.78, 5) is 4.55. The van der Waals surface area contributed by atoms with E-state index in [0.29, 0.717) is 35.0 Å². The fraction of sp³-hybridized carbons (Fsp3) is 0.323. The molecule has 3 unspecified atom stereocenters. The average Bonchev–Trinajstić information content (AvgIpc) is 3.52. The highest BCUT2D eigenvalue weighted by Crippen LogP contribution is 2.47. The minimum Gasteiger partial charge on any atom is -0.493 e. The van der Waals surface area contributed by atoms with Crippen molar-refractivity contribution >= 4 is 0 Å². The minimum atomic E-state index is -4.12. The second kappa shape index (κ2) is 12.6. The number of ether oxygens (including phenoxy) is 1. The van der Waals surface area contributed by atoms with Gasteiger partial charge in [-0.2, -0.15) is 18.8 Å². The first-order chi connectivity index (χ1) is 20.7.